The van der Waals surface area contributed by atoms with E-state index in [1.807, 2.05) is 6.07 Å². The molecule has 5 nitrogen and oxygen atoms in total. The van der Waals surface area contributed by atoms with E-state index in [0.29, 0.717) is 11.4 Å². The zero-order chi connectivity index (χ0) is 21.7. The summed E-state index contributed by atoms with van der Waals surface area (Å²) in [5.74, 6) is 4.41. The van der Waals surface area contributed by atoms with Gasteiger partial charge in [0.15, 0.2) is 5.69 Å². The van der Waals surface area contributed by atoms with Gasteiger partial charge in [-0.3, -0.25) is 9.59 Å². The third kappa shape index (κ3) is 4.94. The van der Waals surface area contributed by atoms with Crippen molar-refractivity contribution in [2.45, 2.75) is 13.1 Å². The number of nitrogens with one attached hydrogen (secondary N) is 1. The first-order chi connectivity index (χ1) is 14.3. The third-order valence-corrected chi connectivity index (χ3v) is 4.08. The first-order valence-electron chi connectivity index (χ1n) is 8.86. The van der Waals surface area contributed by atoms with Crippen LogP contribution in [0.3, 0.4) is 0 Å². The number of hydrogen-bond donors (Lipinski definition) is 1. The first-order valence-corrected chi connectivity index (χ1v) is 8.86. The summed E-state index contributed by atoms with van der Waals surface area (Å²) < 4.78 is 39.7. The fraction of sp³-hybridized carbons (Fsp3) is 0.136. The van der Waals surface area contributed by atoms with Crippen LogP contribution in [0.4, 0.5) is 13.2 Å². The number of rotatable bonds is 3. The molecule has 0 spiro atoms. The standard InChI is InChI=1S/C22H16F3N3O2/c1-15-13-19(29)20(27-28(15)18-10-3-2-4-11-18)21(30)26-12-6-8-16-7-5-9-17(14-16)22(23,24)25/h2-5,7,9-11,13-14H,12H2,1H3,(H,26,30). The number of alkyl halides is 3. The highest BCUT2D eigenvalue weighted by atomic mass is 19.4. The van der Waals surface area contributed by atoms with Crippen molar-refractivity contribution in [1.29, 1.82) is 0 Å². The summed E-state index contributed by atoms with van der Waals surface area (Å²) in [7, 11) is 0. The van der Waals surface area contributed by atoms with E-state index in [1.165, 1.54) is 22.9 Å². The summed E-state index contributed by atoms with van der Waals surface area (Å²) in [6.45, 7) is 1.54. The summed E-state index contributed by atoms with van der Waals surface area (Å²) in [5, 5.41) is 6.58. The number of benzene rings is 2. The van der Waals surface area contributed by atoms with Crippen molar-refractivity contribution in [3.05, 3.63) is 93.4 Å². The molecule has 0 radical (unpaired) electrons. The molecule has 8 heteroatoms. The number of hydrogen-bond acceptors (Lipinski definition) is 3. The van der Waals surface area contributed by atoms with Gasteiger partial charge in [-0.05, 0) is 37.3 Å². The van der Waals surface area contributed by atoms with Gasteiger partial charge in [-0.2, -0.15) is 18.3 Å². The lowest BCUT2D eigenvalue weighted by Gasteiger charge is -2.10. The Morgan fingerprint density at radius 1 is 1.10 bits per heavy atom. The van der Waals surface area contributed by atoms with E-state index in [-0.39, 0.29) is 17.8 Å². The minimum Gasteiger partial charge on any atom is -0.340 e. The Hall–Kier alpha value is -3.86. The second kappa shape index (κ2) is 8.66. The van der Waals surface area contributed by atoms with Gasteiger partial charge in [-0.25, -0.2) is 4.68 Å². The van der Waals surface area contributed by atoms with Crippen LogP contribution in [0.5, 0.6) is 0 Å². The Bertz CT molecular complexity index is 1190. The minimum atomic E-state index is -4.46. The Morgan fingerprint density at radius 3 is 2.53 bits per heavy atom. The van der Waals surface area contributed by atoms with Crippen molar-refractivity contribution in [1.82, 2.24) is 15.1 Å². The van der Waals surface area contributed by atoms with Crippen LogP contribution < -0.4 is 10.7 Å². The van der Waals surface area contributed by atoms with Gasteiger partial charge in [0.1, 0.15) is 0 Å². The molecular formula is C22H16F3N3O2. The van der Waals surface area contributed by atoms with Gasteiger partial charge >= 0.3 is 6.18 Å². The summed E-state index contributed by atoms with van der Waals surface area (Å²) in [5.41, 5.74) is -0.226. The molecule has 1 N–H and O–H groups in total. The van der Waals surface area contributed by atoms with E-state index in [9.17, 15) is 22.8 Å². The maximum Gasteiger partial charge on any atom is 0.416 e. The molecule has 0 bridgehead atoms. The van der Waals surface area contributed by atoms with Gasteiger partial charge in [0, 0.05) is 17.3 Å². The number of para-hydroxylation sites is 1. The molecule has 30 heavy (non-hydrogen) atoms. The zero-order valence-electron chi connectivity index (χ0n) is 15.8. The number of carbonyl (C=O) groups excluding carboxylic acids is 1. The molecule has 3 aromatic rings. The number of amides is 1. The lowest BCUT2D eigenvalue weighted by molar-refractivity contribution is -0.137. The Balaban J connectivity index is 1.74. The fourth-order valence-corrected chi connectivity index (χ4v) is 2.66. The predicted molar refractivity (Wildman–Crippen MR) is 105 cm³/mol. The van der Waals surface area contributed by atoms with Crippen molar-refractivity contribution in [2.24, 2.45) is 0 Å². The first kappa shape index (κ1) is 20.9. The monoisotopic (exact) mass is 411 g/mol. The Labute approximate surface area is 170 Å². The van der Waals surface area contributed by atoms with E-state index >= 15 is 0 Å². The Kier molecular flexibility index (Phi) is 6.02. The van der Waals surface area contributed by atoms with E-state index < -0.39 is 23.1 Å². The molecule has 2 aromatic carbocycles. The van der Waals surface area contributed by atoms with Gasteiger partial charge in [-0.15, -0.1) is 0 Å². The minimum absolute atomic E-state index is 0.157. The highest BCUT2D eigenvalue weighted by Gasteiger charge is 2.30. The predicted octanol–water partition coefficient (Wildman–Crippen LogP) is 3.34. The van der Waals surface area contributed by atoms with Crippen molar-refractivity contribution < 1.29 is 18.0 Å². The van der Waals surface area contributed by atoms with Crippen LogP contribution in [0, 0.1) is 18.8 Å². The molecule has 3 rings (SSSR count). The molecule has 0 atom stereocenters. The lowest BCUT2D eigenvalue weighted by atomic mass is 10.1. The molecule has 0 saturated carbocycles. The van der Waals surface area contributed by atoms with E-state index in [1.54, 1.807) is 31.2 Å². The zero-order valence-corrected chi connectivity index (χ0v) is 15.8. The second-order valence-electron chi connectivity index (χ2n) is 6.31. The molecule has 1 aromatic heterocycles. The van der Waals surface area contributed by atoms with Crippen molar-refractivity contribution in [3.8, 4) is 17.5 Å². The number of carbonyl (C=O) groups is 1. The molecule has 0 aliphatic heterocycles. The molecule has 0 fully saturated rings. The number of aromatic nitrogens is 2. The van der Waals surface area contributed by atoms with E-state index in [4.69, 9.17) is 0 Å². The van der Waals surface area contributed by atoms with Crippen LogP contribution in [0.15, 0.2) is 65.5 Å². The fourth-order valence-electron chi connectivity index (χ4n) is 2.66. The Morgan fingerprint density at radius 2 is 1.83 bits per heavy atom. The van der Waals surface area contributed by atoms with Gasteiger partial charge < -0.3 is 5.32 Å². The molecule has 0 saturated heterocycles. The molecule has 1 heterocycles. The number of halogens is 3. The summed E-state index contributed by atoms with van der Waals surface area (Å²) in [6, 6.07) is 14.9. The third-order valence-electron chi connectivity index (χ3n) is 4.08. The summed E-state index contributed by atoms with van der Waals surface area (Å²) >= 11 is 0. The van der Waals surface area contributed by atoms with Crippen molar-refractivity contribution >= 4 is 5.91 Å². The summed E-state index contributed by atoms with van der Waals surface area (Å²) in [6.07, 6.45) is -4.46. The van der Waals surface area contributed by atoms with Crippen LogP contribution in [-0.2, 0) is 6.18 Å². The van der Waals surface area contributed by atoms with Crippen LogP contribution in [0.25, 0.3) is 5.69 Å². The molecule has 0 aliphatic rings. The average molecular weight is 411 g/mol. The van der Waals surface area contributed by atoms with Gasteiger partial charge in [0.25, 0.3) is 5.91 Å². The van der Waals surface area contributed by atoms with E-state index in [2.05, 4.69) is 22.3 Å². The molecular weight excluding hydrogens is 395 g/mol. The summed E-state index contributed by atoms with van der Waals surface area (Å²) in [4.78, 5) is 24.5. The average Bonchev–Trinajstić information content (AvgIpc) is 2.71. The molecule has 1 amide bonds. The number of nitrogens with zero attached hydrogens (tertiary/aromatic N) is 2. The highest BCUT2D eigenvalue weighted by molar-refractivity contribution is 5.92. The second-order valence-corrected chi connectivity index (χ2v) is 6.31. The molecule has 0 aliphatic carbocycles. The quantitative estimate of drug-likeness (QED) is 0.673. The normalized spacial score (nSPS) is 10.8. The maximum absolute atomic E-state index is 12.7. The van der Waals surface area contributed by atoms with Gasteiger partial charge in [0.2, 0.25) is 5.43 Å². The van der Waals surface area contributed by atoms with Crippen LogP contribution in [-0.4, -0.2) is 22.2 Å². The lowest BCUT2D eigenvalue weighted by Crippen LogP contribution is -2.32. The highest BCUT2D eigenvalue weighted by Crippen LogP contribution is 2.29. The largest absolute Gasteiger partial charge is 0.416 e. The maximum atomic E-state index is 12.7. The van der Waals surface area contributed by atoms with Crippen LogP contribution in [0.1, 0.15) is 27.3 Å². The topological polar surface area (TPSA) is 64.0 Å². The van der Waals surface area contributed by atoms with Crippen LogP contribution in [0.2, 0.25) is 0 Å². The molecule has 152 valence electrons. The van der Waals surface area contributed by atoms with E-state index in [0.717, 1.165) is 12.1 Å². The van der Waals surface area contributed by atoms with Gasteiger partial charge in [0.05, 0.1) is 17.8 Å². The van der Waals surface area contributed by atoms with Gasteiger partial charge in [-0.1, -0.05) is 36.1 Å². The van der Waals surface area contributed by atoms with Crippen LogP contribution >= 0.6 is 0 Å². The van der Waals surface area contributed by atoms with Crippen molar-refractivity contribution in [2.75, 3.05) is 6.54 Å². The van der Waals surface area contributed by atoms with Crippen molar-refractivity contribution in [3.63, 3.8) is 0 Å². The number of aryl methyl sites for hydroxylation is 1. The smallest absolute Gasteiger partial charge is 0.340 e. The molecule has 0 unspecified atom stereocenters. The SMILES string of the molecule is Cc1cc(=O)c(C(=O)NCC#Cc2cccc(C(F)(F)F)c2)nn1-c1ccccc1.